The molecule has 0 bridgehead atoms. The third kappa shape index (κ3) is 4.32. The Kier molecular flexibility index (Phi) is 4.88. The van der Waals surface area contributed by atoms with E-state index >= 15 is 0 Å². The molecular weight excluding hydrogens is 322 g/mol. The summed E-state index contributed by atoms with van der Waals surface area (Å²) in [6.45, 7) is 3.22. The van der Waals surface area contributed by atoms with Crippen molar-refractivity contribution in [2.24, 2.45) is 0 Å². The molecular formula is C16H16ClNO3S. The van der Waals surface area contributed by atoms with Crippen molar-refractivity contribution in [1.29, 1.82) is 0 Å². The van der Waals surface area contributed by atoms with E-state index in [-0.39, 0.29) is 11.5 Å². The van der Waals surface area contributed by atoms with Crippen LogP contribution in [0.2, 0.25) is 5.02 Å². The van der Waals surface area contributed by atoms with Gasteiger partial charge in [0.25, 0.3) is 0 Å². The molecule has 0 radical (unpaired) electrons. The molecule has 2 rings (SSSR count). The number of carbonyl (C=O) groups excluding carboxylic acids is 1. The minimum absolute atomic E-state index is 0.113. The molecule has 2 aromatic carbocycles. The molecule has 0 unspecified atom stereocenters. The van der Waals surface area contributed by atoms with Gasteiger partial charge in [0.15, 0.2) is 5.78 Å². The lowest BCUT2D eigenvalue weighted by Gasteiger charge is -2.11. The van der Waals surface area contributed by atoms with Gasteiger partial charge in [-0.1, -0.05) is 35.9 Å². The molecule has 4 nitrogen and oxygen atoms in total. The van der Waals surface area contributed by atoms with E-state index in [1.807, 2.05) is 0 Å². The number of sulfonamides is 1. The van der Waals surface area contributed by atoms with E-state index < -0.39 is 10.0 Å². The molecule has 0 saturated heterocycles. The Balaban J connectivity index is 2.23. The van der Waals surface area contributed by atoms with Crippen molar-refractivity contribution in [2.45, 2.75) is 19.6 Å². The first-order valence-electron chi connectivity index (χ1n) is 6.63. The second-order valence-electron chi connectivity index (χ2n) is 5.07. The largest absolute Gasteiger partial charge is 0.295 e. The zero-order chi connectivity index (χ0) is 16.3. The minimum Gasteiger partial charge on any atom is -0.295 e. The van der Waals surface area contributed by atoms with Gasteiger partial charge in [-0.05, 0) is 43.2 Å². The standard InChI is InChI=1S/C16H16ClNO3S/c1-11-3-6-14(12(2)19)9-16(11)18-22(20,21)10-13-4-7-15(17)8-5-13/h3-9,18H,10H2,1-2H3. The Morgan fingerprint density at radius 2 is 1.77 bits per heavy atom. The molecule has 0 atom stereocenters. The zero-order valence-electron chi connectivity index (χ0n) is 12.3. The fourth-order valence-electron chi connectivity index (χ4n) is 1.95. The third-order valence-electron chi connectivity index (χ3n) is 3.18. The molecule has 0 aliphatic rings. The Hall–Kier alpha value is -1.85. The second-order valence-corrected chi connectivity index (χ2v) is 7.23. The van der Waals surface area contributed by atoms with E-state index in [9.17, 15) is 13.2 Å². The number of benzene rings is 2. The van der Waals surface area contributed by atoms with Gasteiger partial charge < -0.3 is 0 Å². The summed E-state index contributed by atoms with van der Waals surface area (Å²) in [5.41, 5.74) is 2.28. The highest BCUT2D eigenvalue weighted by molar-refractivity contribution is 7.91. The van der Waals surface area contributed by atoms with Crippen LogP contribution in [0.3, 0.4) is 0 Å². The summed E-state index contributed by atoms with van der Waals surface area (Å²) >= 11 is 5.78. The molecule has 22 heavy (non-hydrogen) atoms. The van der Waals surface area contributed by atoms with Crippen molar-refractivity contribution in [2.75, 3.05) is 4.72 Å². The monoisotopic (exact) mass is 337 g/mol. The summed E-state index contributed by atoms with van der Waals surface area (Å²) < 4.78 is 27.0. The van der Waals surface area contributed by atoms with Crippen LogP contribution in [-0.2, 0) is 15.8 Å². The van der Waals surface area contributed by atoms with E-state index in [0.717, 1.165) is 5.56 Å². The molecule has 6 heteroatoms. The lowest BCUT2D eigenvalue weighted by Crippen LogP contribution is -2.16. The third-order valence-corrected chi connectivity index (χ3v) is 4.68. The van der Waals surface area contributed by atoms with E-state index in [1.165, 1.54) is 6.92 Å². The Labute approximate surface area is 135 Å². The van der Waals surface area contributed by atoms with Gasteiger partial charge in [-0.3, -0.25) is 9.52 Å². The van der Waals surface area contributed by atoms with E-state index in [2.05, 4.69) is 4.72 Å². The highest BCUT2D eigenvalue weighted by Gasteiger charge is 2.14. The van der Waals surface area contributed by atoms with Crippen LogP contribution in [0, 0.1) is 6.92 Å². The predicted octanol–water partition coefficient (Wildman–Crippen LogP) is 3.79. The number of hydrogen-bond acceptors (Lipinski definition) is 3. The maximum Gasteiger partial charge on any atom is 0.236 e. The fourth-order valence-corrected chi connectivity index (χ4v) is 3.34. The maximum absolute atomic E-state index is 12.3. The molecule has 0 heterocycles. The smallest absolute Gasteiger partial charge is 0.236 e. The highest BCUT2D eigenvalue weighted by atomic mass is 35.5. The SMILES string of the molecule is CC(=O)c1ccc(C)c(NS(=O)(=O)Cc2ccc(Cl)cc2)c1. The Bertz CT molecular complexity index is 799. The van der Waals surface area contributed by atoms with Gasteiger partial charge in [0.2, 0.25) is 10.0 Å². The van der Waals surface area contributed by atoms with Crippen LogP contribution < -0.4 is 4.72 Å². The summed E-state index contributed by atoms with van der Waals surface area (Å²) in [4.78, 5) is 11.4. The molecule has 0 aliphatic heterocycles. The van der Waals surface area contributed by atoms with Crippen LogP contribution in [-0.4, -0.2) is 14.2 Å². The first-order chi connectivity index (χ1) is 10.3. The summed E-state index contributed by atoms with van der Waals surface area (Å²) in [6, 6.07) is 11.6. The number of nitrogens with one attached hydrogen (secondary N) is 1. The van der Waals surface area contributed by atoms with Crippen LogP contribution in [0.25, 0.3) is 0 Å². The Morgan fingerprint density at radius 3 is 2.36 bits per heavy atom. The summed E-state index contributed by atoms with van der Waals surface area (Å²) in [5, 5.41) is 0.555. The Morgan fingerprint density at radius 1 is 1.14 bits per heavy atom. The number of Topliss-reactive ketones (excluding diaryl/α,β-unsaturated/α-hetero) is 1. The summed E-state index contributed by atoms with van der Waals surface area (Å²) in [5.74, 6) is -0.272. The van der Waals surface area contributed by atoms with Crippen molar-refractivity contribution in [3.63, 3.8) is 0 Å². The second kappa shape index (κ2) is 6.50. The lowest BCUT2D eigenvalue weighted by atomic mass is 10.1. The van der Waals surface area contributed by atoms with Crippen LogP contribution in [0.1, 0.15) is 28.4 Å². The van der Waals surface area contributed by atoms with Gasteiger partial charge in [-0.15, -0.1) is 0 Å². The highest BCUT2D eigenvalue weighted by Crippen LogP contribution is 2.20. The van der Waals surface area contributed by atoms with Gasteiger partial charge in [0, 0.05) is 10.6 Å². The molecule has 116 valence electrons. The number of hydrogen-bond donors (Lipinski definition) is 1. The number of rotatable bonds is 5. The van der Waals surface area contributed by atoms with Crippen LogP contribution in [0.5, 0.6) is 0 Å². The normalized spacial score (nSPS) is 11.2. The predicted molar refractivity (Wildman–Crippen MR) is 88.9 cm³/mol. The van der Waals surface area contributed by atoms with Crippen molar-refractivity contribution >= 4 is 33.1 Å². The van der Waals surface area contributed by atoms with E-state index in [4.69, 9.17) is 11.6 Å². The molecule has 0 aliphatic carbocycles. The van der Waals surface area contributed by atoms with Gasteiger partial charge in [0.1, 0.15) is 0 Å². The van der Waals surface area contributed by atoms with Gasteiger partial charge in [-0.2, -0.15) is 0 Å². The molecule has 0 amide bonds. The molecule has 2 aromatic rings. The van der Waals surface area contributed by atoms with Gasteiger partial charge in [-0.25, -0.2) is 8.42 Å². The first-order valence-corrected chi connectivity index (χ1v) is 8.66. The van der Waals surface area contributed by atoms with Gasteiger partial charge >= 0.3 is 0 Å². The van der Waals surface area contributed by atoms with Crippen molar-refractivity contribution in [3.8, 4) is 0 Å². The van der Waals surface area contributed by atoms with Crippen molar-refractivity contribution < 1.29 is 13.2 Å². The average molecular weight is 338 g/mol. The van der Waals surface area contributed by atoms with Crippen LogP contribution in [0.4, 0.5) is 5.69 Å². The number of aryl methyl sites for hydroxylation is 1. The van der Waals surface area contributed by atoms with Crippen molar-refractivity contribution in [3.05, 3.63) is 64.2 Å². The molecule has 0 fully saturated rings. The summed E-state index contributed by atoms with van der Waals surface area (Å²) in [6.07, 6.45) is 0. The number of carbonyl (C=O) groups is 1. The fraction of sp³-hybridized carbons (Fsp3) is 0.188. The lowest BCUT2D eigenvalue weighted by molar-refractivity contribution is 0.101. The molecule has 0 aromatic heterocycles. The topological polar surface area (TPSA) is 63.2 Å². The van der Waals surface area contributed by atoms with Crippen LogP contribution in [0.15, 0.2) is 42.5 Å². The van der Waals surface area contributed by atoms with Crippen molar-refractivity contribution in [1.82, 2.24) is 0 Å². The molecule has 0 saturated carbocycles. The number of ketones is 1. The summed E-state index contributed by atoms with van der Waals surface area (Å²) in [7, 11) is -3.57. The first kappa shape index (κ1) is 16.5. The van der Waals surface area contributed by atoms with Crippen LogP contribution >= 0.6 is 11.6 Å². The molecule has 0 spiro atoms. The molecule has 1 N–H and O–H groups in total. The number of anilines is 1. The minimum atomic E-state index is -3.57. The average Bonchev–Trinajstić information content (AvgIpc) is 2.43. The zero-order valence-corrected chi connectivity index (χ0v) is 13.8. The number of halogens is 1. The van der Waals surface area contributed by atoms with E-state index in [1.54, 1.807) is 49.4 Å². The van der Waals surface area contributed by atoms with E-state index in [0.29, 0.717) is 21.8 Å². The van der Waals surface area contributed by atoms with Gasteiger partial charge in [0.05, 0.1) is 11.4 Å². The quantitative estimate of drug-likeness (QED) is 0.844. The maximum atomic E-state index is 12.3.